The molecule has 1 N–H and O–H groups in total. The summed E-state index contributed by atoms with van der Waals surface area (Å²) in [6.45, 7) is 1.49. The van der Waals surface area contributed by atoms with Crippen LogP contribution in [0.3, 0.4) is 0 Å². The van der Waals surface area contributed by atoms with Crippen LogP contribution in [0.1, 0.15) is 11.4 Å². The zero-order valence-electron chi connectivity index (χ0n) is 17.8. The number of fused-ring (bicyclic) bond motifs is 1. The number of nitrogens with one attached hydrogen (secondary N) is 1. The number of carbonyl (C=O) groups excluding carboxylic acids is 1. The van der Waals surface area contributed by atoms with Crippen LogP contribution in [0.15, 0.2) is 79.5 Å². The minimum Gasteiger partial charge on any atom is -0.483 e. The Kier molecular flexibility index (Phi) is 7.18. The van der Waals surface area contributed by atoms with E-state index in [0.717, 1.165) is 4.47 Å². The zero-order valence-corrected chi connectivity index (χ0v) is 20.9. The Morgan fingerprint density at radius 2 is 1.91 bits per heavy atom. The molecule has 0 aliphatic heterocycles. The van der Waals surface area contributed by atoms with Crippen LogP contribution in [0.4, 0.5) is 10.1 Å². The van der Waals surface area contributed by atoms with E-state index >= 15 is 0 Å². The minimum absolute atomic E-state index is 0.226. The van der Waals surface area contributed by atoms with E-state index in [2.05, 4.69) is 47.3 Å². The molecule has 172 valence electrons. The number of benzene rings is 3. The number of carbonyl (C=O) groups is 1. The van der Waals surface area contributed by atoms with Gasteiger partial charge < -0.3 is 10.1 Å². The molecule has 3 aromatic carbocycles. The predicted molar refractivity (Wildman–Crippen MR) is 136 cm³/mol. The van der Waals surface area contributed by atoms with Gasteiger partial charge in [0.15, 0.2) is 6.61 Å². The summed E-state index contributed by atoms with van der Waals surface area (Å²) in [5, 5.41) is 7.39. The van der Waals surface area contributed by atoms with Crippen LogP contribution in [0.2, 0.25) is 0 Å². The molecule has 4 aromatic rings. The number of ether oxygens (including phenoxy) is 1. The number of anilines is 1. The molecular weight excluding hydrogens is 571 g/mol. The second-order valence-corrected chi connectivity index (χ2v) is 8.99. The lowest BCUT2D eigenvalue weighted by molar-refractivity contribution is -0.118. The lowest BCUT2D eigenvalue weighted by Gasteiger charge is -2.10. The summed E-state index contributed by atoms with van der Waals surface area (Å²) < 4.78 is 21.2. The quantitative estimate of drug-likeness (QED) is 0.312. The second-order valence-electron chi connectivity index (χ2n) is 7.22. The fourth-order valence-corrected chi connectivity index (χ4v) is 3.98. The van der Waals surface area contributed by atoms with Crippen LogP contribution in [0.25, 0.3) is 10.9 Å². The van der Waals surface area contributed by atoms with Crippen molar-refractivity contribution in [2.24, 2.45) is 5.10 Å². The van der Waals surface area contributed by atoms with Gasteiger partial charge in [-0.15, -0.1) is 0 Å². The lowest BCUT2D eigenvalue weighted by atomic mass is 10.2. The molecule has 10 heteroatoms. The van der Waals surface area contributed by atoms with Crippen LogP contribution < -0.4 is 15.6 Å². The highest BCUT2D eigenvalue weighted by atomic mass is 79.9. The first-order chi connectivity index (χ1) is 16.3. The van der Waals surface area contributed by atoms with Gasteiger partial charge in [0.2, 0.25) is 0 Å². The van der Waals surface area contributed by atoms with Crippen LogP contribution >= 0.6 is 31.9 Å². The van der Waals surface area contributed by atoms with Crippen molar-refractivity contribution in [3.8, 4) is 5.75 Å². The summed E-state index contributed by atoms with van der Waals surface area (Å²) in [6.07, 6.45) is 1.54. The second kappa shape index (κ2) is 10.3. The number of hydrogen-bond donors (Lipinski definition) is 1. The zero-order chi connectivity index (χ0) is 24.2. The molecule has 34 heavy (non-hydrogen) atoms. The molecule has 0 aliphatic carbocycles. The van der Waals surface area contributed by atoms with E-state index < -0.39 is 0 Å². The van der Waals surface area contributed by atoms with Gasteiger partial charge in [-0.25, -0.2) is 9.37 Å². The average molecular weight is 588 g/mol. The molecule has 0 unspecified atom stereocenters. The van der Waals surface area contributed by atoms with E-state index in [9.17, 15) is 14.0 Å². The third-order valence-corrected chi connectivity index (χ3v) is 5.85. The summed E-state index contributed by atoms with van der Waals surface area (Å²) in [5.41, 5.74) is 1.51. The summed E-state index contributed by atoms with van der Waals surface area (Å²) >= 11 is 6.79. The number of rotatable bonds is 6. The molecule has 0 fully saturated rings. The average Bonchev–Trinajstić information content (AvgIpc) is 2.80. The van der Waals surface area contributed by atoms with Gasteiger partial charge in [-0.3, -0.25) is 9.59 Å². The van der Waals surface area contributed by atoms with Crippen molar-refractivity contribution < 1.29 is 13.9 Å². The standard InChI is InChI=1S/C24H17Br2FN4O3/c1-14-29-21-8-3-16(25)11-19(21)24(33)31(14)28-12-15-2-9-22(20(26)10-15)34-13-23(32)30-18-6-4-17(27)5-7-18/h2-12H,13H2,1H3,(H,30,32). The molecule has 1 amide bonds. The van der Waals surface area contributed by atoms with Crippen molar-refractivity contribution in [3.05, 3.63) is 97.2 Å². The van der Waals surface area contributed by atoms with E-state index in [1.165, 1.54) is 35.2 Å². The maximum atomic E-state index is 13.0. The molecule has 1 heterocycles. The maximum absolute atomic E-state index is 13.0. The first kappa shape index (κ1) is 23.8. The lowest BCUT2D eigenvalue weighted by Crippen LogP contribution is -2.20. The summed E-state index contributed by atoms with van der Waals surface area (Å²) in [7, 11) is 0. The molecule has 1 aromatic heterocycles. The monoisotopic (exact) mass is 586 g/mol. The van der Waals surface area contributed by atoms with Crippen molar-refractivity contribution in [1.29, 1.82) is 0 Å². The van der Waals surface area contributed by atoms with E-state index in [4.69, 9.17) is 4.74 Å². The highest BCUT2D eigenvalue weighted by molar-refractivity contribution is 9.10. The third kappa shape index (κ3) is 5.57. The highest BCUT2D eigenvalue weighted by Crippen LogP contribution is 2.25. The Hall–Kier alpha value is -3.37. The van der Waals surface area contributed by atoms with E-state index in [1.54, 1.807) is 37.3 Å². The number of amides is 1. The van der Waals surface area contributed by atoms with Crippen LogP contribution in [-0.2, 0) is 4.79 Å². The molecule has 7 nitrogen and oxygen atoms in total. The number of aromatic nitrogens is 2. The number of nitrogens with zero attached hydrogens (tertiary/aromatic N) is 3. The van der Waals surface area contributed by atoms with Gasteiger partial charge in [0.1, 0.15) is 17.4 Å². The van der Waals surface area contributed by atoms with Gasteiger partial charge in [-0.05, 0) is 89.1 Å². The Balaban J connectivity index is 1.45. The first-order valence-corrected chi connectivity index (χ1v) is 11.6. The van der Waals surface area contributed by atoms with Crippen molar-refractivity contribution in [3.63, 3.8) is 0 Å². The van der Waals surface area contributed by atoms with E-state index in [1.807, 2.05) is 6.07 Å². The summed E-state index contributed by atoms with van der Waals surface area (Å²) in [6, 6.07) is 15.9. The SMILES string of the molecule is Cc1nc2ccc(Br)cc2c(=O)n1N=Cc1ccc(OCC(=O)Nc2ccc(F)cc2)c(Br)c1. The summed E-state index contributed by atoms with van der Waals surface area (Å²) in [4.78, 5) is 29.4. The molecule has 0 saturated heterocycles. The molecule has 4 rings (SSSR count). The number of hydrogen-bond acceptors (Lipinski definition) is 5. The van der Waals surface area contributed by atoms with Crippen LogP contribution in [0.5, 0.6) is 5.75 Å². The molecule has 0 bridgehead atoms. The minimum atomic E-state index is -0.383. The van der Waals surface area contributed by atoms with Crippen molar-refractivity contribution in [2.75, 3.05) is 11.9 Å². The Morgan fingerprint density at radius 1 is 1.15 bits per heavy atom. The molecule has 0 spiro atoms. The van der Waals surface area contributed by atoms with Crippen molar-refractivity contribution in [1.82, 2.24) is 9.66 Å². The van der Waals surface area contributed by atoms with E-state index in [0.29, 0.717) is 38.2 Å². The first-order valence-electron chi connectivity index (χ1n) is 10.0. The molecule has 0 radical (unpaired) electrons. The van der Waals surface area contributed by atoms with E-state index in [-0.39, 0.29) is 23.9 Å². The topological polar surface area (TPSA) is 85.6 Å². The predicted octanol–water partition coefficient (Wildman–Crippen LogP) is 5.27. The van der Waals surface area contributed by atoms with Crippen molar-refractivity contribution in [2.45, 2.75) is 6.92 Å². The van der Waals surface area contributed by atoms with Gasteiger partial charge in [-0.1, -0.05) is 15.9 Å². The van der Waals surface area contributed by atoms with Gasteiger partial charge in [0.05, 0.1) is 21.6 Å². The largest absolute Gasteiger partial charge is 0.483 e. The third-order valence-electron chi connectivity index (χ3n) is 4.74. The fraction of sp³-hybridized carbons (Fsp3) is 0.0833. The Bertz CT molecular complexity index is 1470. The van der Waals surface area contributed by atoms with Gasteiger partial charge in [-0.2, -0.15) is 9.78 Å². The maximum Gasteiger partial charge on any atom is 0.282 e. The van der Waals surface area contributed by atoms with Crippen LogP contribution in [0, 0.1) is 12.7 Å². The van der Waals surface area contributed by atoms with Crippen molar-refractivity contribution >= 4 is 60.6 Å². The number of halogens is 3. The molecule has 0 aliphatic rings. The van der Waals surface area contributed by atoms with Gasteiger partial charge >= 0.3 is 0 Å². The Labute approximate surface area is 210 Å². The molecular formula is C24H17Br2FN4O3. The molecule has 0 saturated carbocycles. The van der Waals surface area contributed by atoms with Gasteiger partial charge in [0.25, 0.3) is 11.5 Å². The fourth-order valence-electron chi connectivity index (χ4n) is 3.11. The van der Waals surface area contributed by atoms with Crippen LogP contribution in [-0.4, -0.2) is 28.4 Å². The molecule has 0 atom stereocenters. The summed E-state index contributed by atoms with van der Waals surface area (Å²) in [5.74, 6) is 0.153. The Morgan fingerprint density at radius 3 is 2.65 bits per heavy atom. The highest BCUT2D eigenvalue weighted by Gasteiger charge is 2.09. The normalized spacial score (nSPS) is 11.2. The van der Waals surface area contributed by atoms with Gasteiger partial charge in [0, 0.05) is 10.2 Å². The number of aryl methyl sites for hydroxylation is 1. The smallest absolute Gasteiger partial charge is 0.282 e.